The molecule has 0 aromatic heterocycles. The average Bonchev–Trinajstić information content (AvgIpc) is 2.63. The molecule has 0 aromatic rings. The quantitative estimate of drug-likeness (QED) is 0.275. The largest absolute Gasteiger partial charge is 0.381 e. The molecule has 0 rings (SSSR count). The topological polar surface area (TPSA) is 51.0 Å². The van der Waals surface area contributed by atoms with Gasteiger partial charge in [0, 0.05) is 65.9 Å². The van der Waals surface area contributed by atoms with Crippen molar-refractivity contribution in [2.75, 3.05) is 65.9 Å². The molecular weight excluding hydrogens is 318 g/mol. The predicted octanol–water partition coefficient (Wildman–Crippen LogP) is 3.82. The van der Waals surface area contributed by atoms with Gasteiger partial charge in [0.25, 0.3) is 0 Å². The Morgan fingerprint density at radius 1 is 0.440 bits per heavy atom. The van der Waals surface area contributed by atoms with Crippen LogP contribution in [0.3, 0.4) is 0 Å². The first kappa shape index (κ1) is 24.8. The highest BCUT2D eigenvalue weighted by Gasteiger charge is 1.94. The highest BCUT2D eigenvalue weighted by Crippen LogP contribution is 1.93. The zero-order chi connectivity index (χ0) is 18.3. The average molecular weight is 361 g/mol. The van der Waals surface area contributed by atoms with Gasteiger partial charge in [-0.2, -0.15) is 0 Å². The first-order valence-electron chi connectivity index (χ1n) is 10.4. The molecule has 151 valence electrons. The Labute approximate surface area is 156 Å². The third-order valence-corrected chi connectivity index (χ3v) is 3.65. The first-order chi connectivity index (χ1) is 12.4. The molecule has 0 N–H and O–H groups in total. The summed E-state index contributed by atoms with van der Waals surface area (Å²) in [6, 6.07) is 0. The molecule has 0 aliphatic heterocycles. The van der Waals surface area contributed by atoms with E-state index in [4.69, 9.17) is 18.9 Å². The Balaban J connectivity index is 2.94. The van der Waals surface area contributed by atoms with Gasteiger partial charge in [-0.3, -0.25) is 0 Å². The van der Waals surface area contributed by atoms with Gasteiger partial charge in [0.2, 0.25) is 0 Å². The summed E-state index contributed by atoms with van der Waals surface area (Å²) in [5.74, 6) is 0. The molecule has 0 atom stereocenters. The van der Waals surface area contributed by atoms with Gasteiger partial charge in [0.1, 0.15) is 0 Å². The standard InChI is InChI=1S/C20H42NO4/c1-3-5-13-22-17-9-19-24-15-7-11-21-12-8-16-25-20-10-18-23-14-6-4-2/h3-20H2,1-2H3. The molecule has 0 saturated heterocycles. The summed E-state index contributed by atoms with van der Waals surface area (Å²) in [6.45, 7) is 12.7. The number of ether oxygens (including phenoxy) is 4. The van der Waals surface area contributed by atoms with E-state index in [0.717, 1.165) is 104 Å². The molecule has 5 nitrogen and oxygen atoms in total. The van der Waals surface area contributed by atoms with Gasteiger partial charge >= 0.3 is 0 Å². The van der Waals surface area contributed by atoms with Crippen LogP contribution in [0.5, 0.6) is 0 Å². The Morgan fingerprint density at radius 3 is 1.12 bits per heavy atom. The van der Waals surface area contributed by atoms with Crippen LogP contribution >= 0.6 is 0 Å². The number of unbranched alkanes of at least 4 members (excludes halogenated alkanes) is 2. The summed E-state index contributed by atoms with van der Waals surface area (Å²) in [5, 5.41) is 4.50. The van der Waals surface area contributed by atoms with Gasteiger partial charge in [-0.15, -0.1) is 0 Å². The molecule has 5 heteroatoms. The van der Waals surface area contributed by atoms with Gasteiger partial charge in [-0.1, -0.05) is 26.7 Å². The van der Waals surface area contributed by atoms with Gasteiger partial charge in [0.05, 0.1) is 0 Å². The van der Waals surface area contributed by atoms with E-state index in [2.05, 4.69) is 19.2 Å². The number of nitrogens with zero attached hydrogens (tertiary/aromatic N) is 1. The maximum absolute atomic E-state index is 5.57. The first-order valence-corrected chi connectivity index (χ1v) is 10.4. The van der Waals surface area contributed by atoms with E-state index >= 15 is 0 Å². The van der Waals surface area contributed by atoms with Crippen LogP contribution in [0.25, 0.3) is 0 Å². The van der Waals surface area contributed by atoms with E-state index in [9.17, 15) is 0 Å². The Kier molecular flexibility index (Phi) is 23.6. The van der Waals surface area contributed by atoms with E-state index in [1.165, 1.54) is 12.8 Å². The van der Waals surface area contributed by atoms with Crippen molar-refractivity contribution in [3.05, 3.63) is 0 Å². The number of hydrogen-bond donors (Lipinski definition) is 0. The molecule has 0 bridgehead atoms. The Hall–Kier alpha value is -0.200. The van der Waals surface area contributed by atoms with Crippen molar-refractivity contribution >= 4 is 0 Å². The van der Waals surface area contributed by atoms with Gasteiger partial charge in [-0.25, -0.2) is 5.32 Å². The summed E-state index contributed by atoms with van der Waals surface area (Å²) in [6.07, 6.45) is 8.69. The molecule has 0 saturated carbocycles. The minimum Gasteiger partial charge on any atom is -0.381 e. The molecule has 0 heterocycles. The summed E-state index contributed by atoms with van der Waals surface area (Å²) < 4.78 is 22.1. The second-order valence-electron chi connectivity index (χ2n) is 6.24. The fraction of sp³-hybridized carbons (Fsp3) is 1.00. The van der Waals surface area contributed by atoms with Crippen molar-refractivity contribution in [2.45, 2.75) is 65.2 Å². The number of rotatable bonds is 22. The third kappa shape index (κ3) is 23.8. The van der Waals surface area contributed by atoms with Gasteiger partial charge < -0.3 is 18.9 Å². The normalized spacial score (nSPS) is 11.3. The zero-order valence-electron chi connectivity index (χ0n) is 16.8. The molecule has 1 radical (unpaired) electrons. The molecule has 0 fully saturated rings. The summed E-state index contributed by atoms with van der Waals surface area (Å²) in [7, 11) is 0. The molecule has 0 aliphatic rings. The molecule has 0 aromatic carbocycles. The van der Waals surface area contributed by atoms with E-state index in [0.29, 0.717) is 0 Å². The van der Waals surface area contributed by atoms with Crippen LogP contribution in [0.1, 0.15) is 65.2 Å². The van der Waals surface area contributed by atoms with Crippen molar-refractivity contribution in [1.29, 1.82) is 0 Å². The van der Waals surface area contributed by atoms with Gasteiger partial charge in [-0.05, 0) is 38.5 Å². The smallest absolute Gasteiger partial charge is 0.0487 e. The Morgan fingerprint density at radius 2 is 0.760 bits per heavy atom. The monoisotopic (exact) mass is 360 g/mol. The molecule has 0 unspecified atom stereocenters. The lowest BCUT2D eigenvalue weighted by atomic mass is 10.4. The van der Waals surface area contributed by atoms with Crippen molar-refractivity contribution in [3.63, 3.8) is 0 Å². The van der Waals surface area contributed by atoms with Crippen LogP contribution in [0, 0.1) is 0 Å². The minimum atomic E-state index is 0.794. The fourth-order valence-electron chi connectivity index (χ4n) is 2.10. The predicted molar refractivity (Wildman–Crippen MR) is 103 cm³/mol. The van der Waals surface area contributed by atoms with Crippen LogP contribution in [-0.2, 0) is 18.9 Å². The molecule has 0 amide bonds. The lowest BCUT2D eigenvalue weighted by Crippen LogP contribution is -2.13. The third-order valence-electron chi connectivity index (χ3n) is 3.65. The van der Waals surface area contributed by atoms with E-state index in [1.807, 2.05) is 0 Å². The highest BCUT2D eigenvalue weighted by atomic mass is 16.5. The minimum absolute atomic E-state index is 0.794. The van der Waals surface area contributed by atoms with Crippen LogP contribution < -0.4 is 5.32 Å². The Bertz CT molecular complexity index is 208. The van der Waals surface area contributed by atoms with E-state index in [1.54, 1.807) is 0 Å². The van der Waals surface area contributed by atoms with Crippen molar-refractivity contribution in [3.8, 4) is 0 Å². The van der Waals surface area contributed by atoms with E-state index < -0.39 is 0 Å². The highest BCUT2D eigenvalue weighted by molar-refractivity contribution is 4.48. The molecule has 0 spiro atoms. The summed E-state index contributed by atoms with van der Waals surface area (Å²) in [4.78, 5) is 0. The second-order valence-corrected chi connectivity index (χ2v) is 6.24. The van der Waals surface area contributed by atoms with Crippen LogP contribution in [0.15, 0.2) is 0 Å². The van der Waals surface area contributed by atoms with Gasteiger partial charge in [0.15, 0.2) is 0 Å². The lowest BCUT2D eigenvalue weighted by molar-refractivity contribution is 0.0790. The zero-order valence-corrected chi connectivity index (χ0v) is 16.8. The fourth-order valence-corrected chi connectivity index (χ4v) is 2.10. The van der Waals surface area contributed by atoms with Crippen LogP contribution in [0.2, 0.25) is 0 Å². The molecular formula is C20H42NO4. The van der Waals surface area contributed by atoms with E-state index in [-0.39, 0.29) is 0 Å². The summed E-state index contributed by atoms with van der Waals surface area (Å²) in [5.41, 5.74) is 0. The van der Waals surface area contributed by atoms with Crippen molar-refractivity contribution in [1.82, 2.24) is 5.32 Å². The van der Waals surface area contributed by atoms with Crippen LogP contribution in [0.4, 0.5) is 0 Å². The maximum atomic E-state index is 5.57. The van der Waals surface area contributed by atoms with Crippen LogP contribution in [-0.4, -0.2) is 65.9 Å². The molecule has 0 aliphatic carbocycles. The van der Waals surface area contributed by atoms with Crippen molar-refractivity contribution in [2.24, 2.45) is 0 Å². The lowest BCUT2D eigenvalue weighted by Gasteiger charge is -2.06. The number of hydrogen-bond acceptors (Lipinski definition) is 4. The maximum Gasteiger partial charge on any atom is 0.0487 e. The second kappa shape index (κ2) is 23.8. The summed E-state index contributed by atoms with van der Waals surface area (Å²) >= 11 is 0. The SMILES string of the molecule is CCCCOCCCOCCC[N]CCCOCCCOCCCC. The molecule has 25 heavy (non-hydrogen) atoms. The van der Waals surface area contributed by atoms with Crippen molar-refractivity contribution < 1.29 is 18.9 Å².